The summed E-state index contributed by atoms with van der Waals surface area (Å²) in [6.07, 6.45) is 0.595. The second-order valence-electron chi connectivity index (χ2n) is 6.27. The maximum Gasteiger partial charge on any atom is 0.410 e. The van der Waals surface area contributed by atoms with Crippen LogP contribution in [0.15, 0.2) is 30.3 Å². The fourth-order valence-corrected chi connectivity index (χ4v) is 2.33. The van der Waals surface area contributed by atoms with Crippen LogP contribution in [0.1, 0.15) is 34.1 Å². The largest absolute Gasteiger partial charge is 0.489 e. The summed E-state index contributed by atoms with van der Waals surface area (Å²) in [4.78, 5) is 13.9. The zero-order valence-corrected chi connectivity index (χ0v) is 12.6. The van der Waals surface area contributed by atoms with Crippen molar-refractivity contribution in [3.05, 3.63) is 30.3 Å². The summed E-state index contributed by atoms with van der Waals surface area (Å²) < 4.78 is 11.3. The molecule has 0 unspecified atom stereocenters. The molecule has 4 heteroatoms. The molecule has 0 aromatic heterocycles. The molecule has 0 radical (unpaired) electrons. The van der Waals surface area contributed by atoms with Gasteiger partial charge in [-0.1, -0.05) is 18.2 Å². The maximum absolute atomic E-state index is 12.1. The van der Waals surface area contributed by atoms with Crippen LogP contribution in [0.2, 0.25) is 0 Å². The highest BCUT2D eigenvalue weighted by atomic mass is 16.6. The van der Waals surface area contributed by atoms with Crippen molar-refractivity contribution >= 4 is 6.09 Å². The minimum absolute atomic E-state index is 0.0277. The number of para-hydroxylation sites is 1. The molecule has 1 heterocycles. The highest BCUT2D eigenvalue weighted by Gasteiger charge is 2.36. The third-order valence-electron chi connectivity index (χ3n) is 3.21. The maximum atomic E-state index is 12.1. The Labute approximate surface area is 120 Å². The molecular weight excluding hydrogens is 254 g/mol. The van der Waals surface area contributed by atoms with Gasteiger partial charge in [-0.05, 0) is 39.8 Å². The summed E-state index contributed by atoms with van der Waals surface area (Å²) in [7, 11) is 0. The minimum Gasteiger partial charge on any atom is -0.489 e. The van der Waals surface area contributed by atoms with Gasteiger partial charge >= 0.3 is 6.09 Å². The van der Waals surface area contributed by atoms with Crippen LogP contribution in [-0.4, -0.2) is 35.3 Å². The summed E-state index contributed by atoms with van der Waals surface area (Å²) in [5, 5.41) is 0. The minimum atomic E-state index is -0.463. The van der Waals surface area contributed by atoms with Gasteiger partial charge < -0.3 is 14.4 Å². The fraction of sp³-hybridized carbons (Fsp3) is 0.562. The van der Waals surface area contributed by atoms with Crippen LogP contribution in [0, 0.1) is 0 Å². The lowest BCUT2D eigenvalue weighted by Gasteiger charge is -2.26. The monoisotopic (exact) mass is 277 g/mol. The zero-order chi connectivity index (χ0) is 14.8. The van der Waals surface area contributed by atoms with Crippen LogP contribution in [0.4, 0.5) is 4.79 Å². The van der Waals surface area contributed by atoms with Crippen LogP contribution in [-0.2, 0) is 4.74 Å². The number of ether oxygens (including phenoxy) is 2. The van der Waals surface area contributed by atoms with Crippen molar-refractivity contribution in [3.63, 3.8) is 0 Å². The number of amides is 1. The van der Waals surface area contributed by atoms with Crippen molar-refractivity contribution in [3.8, 4) is 5.75 Å². The normalized spacial score (nSPS) is 22.7. The average molecular weight is 277 g/mol. The first kappa shape index (κ1) is 14.7. The third kappa shape index (κ3) is 3.89. The van der Waals surface area contributed by atoms with E-state index in [4.69, 9.17) is 9.47 Å². The van der Waals surface area contributed by atoms with Crippen LogP contribution >= 0.6 is 0 Å². The molecule has 1 saturated heterocycles. The van der Waals surface area contributed by atoms with E-state index in [1.54, 1.807) is 4.90 Å². The van der Waals surface area contributed by atoms with E-state index >= 15 is 0 Å². The molecular formula is C16H23NO3. The summed E-state index contributed by atoms with van der Waals surface area (Å²) in [5.41, 5.74) is -0.463. The average Bonchev–Trinajstić information content (AvgIpc) is 2.69. The first-order chi connectivity index (χ1) is 9.35. The van der Waals surface area contributed by atoms with Gasteiger partial charge in [0, 0.05) is 12.5 Å². The molecule has 0 aliphatic carbocycles. The van der Waals surface area contributed by atoms with Crippen molar-refractivity contribution in [2.24, 2.45) is 0 Å². The Morgan fingerprint density at radius 2 is 1.90 bits per heavy atom. The van der Waals surface area contributed by atoms with E-state index in [-0.39, 0.29) is 18.2 Å². The zero-order valence-electron chi connectivity index (χ0n) is 12.6. The predicted octanol–water partition coefficient (Wildman–Crippen LogP) is 3.46. The van der Waals surface area contributed by atoms with Gasteiger partial charge in [0.25, 0.3) is 0 Å². The molecule has 1 aliphatic heterocycles. The molecule has 4 nitrogen and oxygen atoms in total. The Morgan fingerprint density at radius 1 is 1.25 bits per heavy atom. The molecule has 0 N–H and O–H groups in total. The first-order valence-corrected chi connectivity index (χ1v) is 7.06. The molecule has 0 saturated carbocycles. The van der Waals surface area contributed by atoms with E-state index in [0.717, 1.165) is 12.2 Å². The first-order valence-electron chi connectivity index (χ1n) is 7.06. The van der Waals surface area contributed by atoms with Gasteiger partial charge in [-0.15, -0.1) is 0 Å². The Kier molecular flexibility index (Phi) is 4.21. The third-order valence-corrected chi connectivity index (χ3v) is 3.21. The molecule has 1 aromatic rings. The number of rotatable bonds is 2. The molecule has 0 spiro atoms. The summed E-state index contributed by atoms with van der Waals surface area (Å²) in [6.45, 7) is 8.24. The topological polar surface area (TPSA) is 38.8 Å². The van der Waals surface area contributed by atoms with Gasteiger partial charge in [0.15, 0.2) is 0 Å². The highest BCUT2D eigenvalue weighted by Crippen LogP contribution is 2.24. The quantitative estimate of drug-likeness (QED) is 0.831. The van der Waals surface area contributed by atoms with Crippen molar-refractivity contribution < 1.29 is 14.3 Å². The molecule has 2 atom stereocenters. The number of benzene rings is 1. The van der Waals surface area contributed by atoms with Gasteiger partial charge in [-0.25, -0.2) is 4.79 Å². The van der Waals surface area contributed by atoms with E-state index < -0.39 is 5.60 Å². The number of nitrogens with zero attached hydrogens (tertiary/aromatic N) is 1. The summed E-state index contributed by atoms with van der Waals surface area (Å²) in [6, 6.07) is 9.84. The lowest BCUT2D eigenvalue weighted by molar-refractivity contribution is 0.0224. The fourth-order valence-electron chi connectivity index (χ4n) is 2.33. The van der Waals surface area contributed by atoms with E-state index in [1.165, 1.54) is 0 Å². The van der Waals surface area contributed by atoms with E-state index in [2.05, 4.69) is 0 Å². The molecule has 1 aromatic carbocycles. The van der Waals surface area contributed by atoms with Crippen LogP contribution in [0.5, 0.6) is 5.75 Å². The Bertz CT molecular complexity index is 453. The summed E-state index contributed by atoms with van der Waals surface area (Å²) in [5.74, 6) is 0.843. The summed E-state index contributed by atoms with van der Waals surface area (Å²) >= 11 is 0. The molecule has 110 valence electrons. The van der Waals surface area contributed by atoms with E-state index in [0.29, 0.717) is 6.54 Å². The van der Waals surface area contributed by atoms with Crippen molar-refractivity contribution in [2.45, 2.75) is 51.9 Å². The SMILES string of the molecule is C[C@@H]1C[C@H](Oc2ccccc2)CN1C(=O)OC(C)(C)C. The van der Waals surface area contributed by atoms with Crippen LogP contribution < -0.4 is 4.74 Å². The Balaban J connectivity index is 1.93. The van der Waals surface area contributed by atoms with Crippen LogP contribution in [0.3, 0.4) is 0 Å². The Morgan fingerprint density at radius 3 is 2.50 bits per heavy atom. The van der Waals surface area contributed by atoms with Gasteiger partial charge in [-0.2, -0.15) is 0 Å². The lowest BCUT2D eigenvalue weighted by atomic mass is 10.2. The molecule has 1 aliphatic rings. The second-order valence-corrected chi connectivity index (χ2v) is 6.27. The van der Waals surface area contributed by atoms with Crippen molar-refractivity contribution in [1.29, 1.82) is 0 Å². The lowest BCUT2D eigenvalue weighted by Crippen LogP contribution is -2.39. The van der Waals surface area contributed by atoms with Gasteiger partial charge in [0.05, 0.1) is 6.54 Å². The highest BCUT2D eigenvalue weighted by molar-refractivity contribution is 5.69. The molecule has 1 fully saturated rings. The number of carbonyl (C=O) groups excluding carboxylic acids is 1. The number of carbonyl (C=O) groups is 1. The molecule has 2 rings (SSSR count). The van der Waals surface area contributed by atoms with Crippen LogP contribution in [0.25, 0.3) is 0 Å². The molecule has 0 bridgehead atoms. The van der Waals surface area contributed by atoms with Crippen molar-refractivity contribution in [1.82, 2.24) is 4.90 Å². The predicted molar refractivity (Wildman–Crippen MR) is 77.9 cm³/mol. The second kappa shape index (κ2) is 5.73. The van der Waals surface area contributed by atoms with Gasteiger partial charge in [0.1, 0.15) is 17.5 Å². The van der Waals surface area contributed by atoms with E-state index in [9.17, 15) is 4.79 Å². The molecule has 20 heavy (non-hydrogen) atoms. The van der Waals surface area contributed by atoms with Gasteiger partial charge in [0.2, 0.25) is 0 Å². The molecule has 1 amide bonds. The smallest absolute Gasteiger partial charge is 0.410 e. The van der Waals surface area contributed by atoms with Gasteiger partial charge in [-0.3, -0.25) is 0 Å². The number of hydrogen-bond donors (Lipinski definition) is 0. The number of likely N-dealkylation sites (tertiary alicyclic amines) is 1. The van der Waals surface area contributed by atoms with Crippen molar-refractivity contribution in [2.75, 3.05) is 6.54 Å². The Hall–Kier alpha value is -1.71. The number of hydrogen-bond acceptors (Lipinski definition) is 3. The van der Waals surface area contributed by atoms with E-state index in [1.807, 2.05) is 58.0 Å². The standard InChI is InChI=1S/C16H23NO3/c1-12-10-14(19-13-8-6-5-7-9-13)11-17(12)15(18)20-16(2,3)4/h5-9,12,14H,10-11H2,1-4H3/t12-,14+/m1/s1.